The van der Waals surface area contributed by atoms with Crippen LogP contribution >= 0.6 is 11.6 Å². The van der Waals surface area contributed by atoms with Crippen LogP contribution in [0.4, 0.5) is 0 Å². The fourth-order valence-corrected chi connectivity index (χ4v) is 4.07. The lowest BCUT2D eigenvalue weighted by atomic mass is 10.0. The lowest BCUT2D eigenvalue weighted by molar-refractivity contribution is 0.0663. The predicted molar refractivity (Wildman–Crippen MR) is 104 cm³/mol. The van der Waals surface area contributed by atoms with E-state index in [9.17, 15) is 14.4 Å². The molecule has 0 radical (unpaired) electrons. The van der Waals surface area contributed by atoms with Crippen molar-refractivity contribution in [1.29, 1.82) is 0 Å². The molecule has 4 aromatic rings. The largest absolute Gasteiger partial charge is 0.305 e. The summed E-state index contributed by atoms with van der Waals surface area (Å²) in [6.07, 6.45) is 0. The maximum absolute atomic E-state index is 13.0. The van der Waals surface area contributed by atoms with Gasteiger partial charge in [-0.25, -0.2) is 0 Å². The van der Waals surface area contributed by atoms with Crippen molar-refractivity contribution >= 4 is 40.0 Å². The number of carbonyl (C=O) groups is 2. The molecule has 0 fully saturated rings. The molecule has 3 aromatic heterocycles. The normalized spacial score (nSPS) is 13.9. The summed E-state index contributed by atoms with van der Waals surface area (Å²) in [5.41, 5.74) is 3.56. The van der Waals surface area contributed by atoms with Crippen LogP contribution in [0.3, 0.4) is 0 Å². The summed E-state index contributed by atoms with van der Waals surface area (Å²) in [4.78, 5) is 39.8. The number of nitrogens with zero attached hydrogens (tertiary/aromatic N) is 2. The van der Waals surface area contributed by atoms with E-state index in [0.717, 1.165) is 5.56 Å². The van der Waals surface area contributed by atoms with Crippen molar-refractivity contribution in [3.8, 4) is 11.1 Å². The van der Waals surface area contributed by atoms with Gasteiger partial charge in [0.25, 0.3) is 11.8 Å². The lowest BCUT2D eigenvalue weighted by Crippen LogP contribution is -2.30. The first kappa shape index (κ1) is 16.0. The molecule has 132 valence electrons. The molecule has 0 saturated carbocycles. The van der Waals surface area contributed by atoms with E-state index >= 15 is 0 Å². The van der Waals surface area contributed by atoms with Crippen molar-refractivity contribution in [2.45, 2.75) is 6.92 Å². The van der Waals surface area contributed by atoms with E-state index in [4.69, 9.17) is 11.6 Å². The number of halogens is 1. The van der Waals surface area contributed by atoms with Gasteiger partial charge in [-0.15, -0.1) is 0 Å². The van der Waals surface area contributed by atoms with Crippen molar-refractivity contribution < 1.29 is 9.59 Å². The molecule has 0 unspecified atom stereocenters. The van der Waals surface area contributed by atoms with E-state index < -0.39 is 0 Å². The SMILES string of the molecule is CCN1C(=O)c2c(c3c(-c4ccc(Cl)cc4)cc(=O)c4cccc2n34)C1=O. The Hall–Kier alpha value is -3.18. The number of benzene rings is 1. The number of amides is 2. The quantitative estimate of drug-likeness (QED) is 0.500. The average Bonchev–Trinajstić information content (AvgIpc) is 3.13. The third kappa shape index (κ3) is 1.97. The zero-order valence-electron chi connectivity index (χ0n) is 14.3. The Morgan fingerprint density at radius 3 is 2.26 bits per heavy atom. The van der Waals surface area contributed by atoms with E-state index in [-0.39, 0.29) is 17.2 Å². The number of pyridine rings is 2. The molecule has 1 aliphatic rings. The van der Waals surface area contributed by atoms with Gasteiger partial charge in [0.15, 0.2) is 0 Å². The number of imide groups is 1. The molecule has 1 aliphatic heterocycles. The van der Waals surface area contributed by atoms with Gasteiger partial charge in [0.1, 0.15) is 0 Å². The van der Waals surface area contributed by atoms with Crippen LogP contribution in [-0.2, 0) is 0 Å². The number of hydrogen-bond acceptors (Lipinski definition) is 3. The topological polar surface area (TPSA) is 58.9 Å². The minimum atomic E-state index is -0.323. The highest BCUT2D eigenvalue weighted by molar-refractivity contribution is 6.31. The van der Waals surface area contributed by atoms with Gasteiger partial charge in [-0.3, -0.25) is 19.3 Å². The molecule has 2 amide bonds. The second-order valence-electron chi connectivity index (χ2n) is 6.51. The minimum absolute atomic E-state index is 0.168. The van der Waals surface area contributed by atoms with Gasteiger partial charge < -0.3 is 4.40 Å². The van der Waals surface area contributed by atoms with Crippen molar-refractivity contribution in [2.24, 2.45) is 0 Å². The van der Waals surface area contributed by atoms with Gasteiger partial charge in [0.2, 0.25) is 5.43 Å². The van der Waals surface area contributed by atoms with Gasteiger partial charge in [0, 0.05) is 17.1 Å². The Bertz CT molecular complexity index is 1320. The molecular weight excluding hydrogens is 364 g/mol. The molecule has 4 heterocycles. The number of hydrogen-bond donors (Lipinski definition) is 0. The average molecular weight is 377 g/mol. The fourth-order valence-electron chi connectivity index (χ4n) is 3.95. The molecule has 0 bridgehead atoms. The number of aromatic nitrogens is 1. The molecule has 0 atom stereocenters. The maximum Gasteiger partial charge on any atom is 0.263 e. The van der Waals surface area contributed by atoms with Crippen LogP contribution in [0.1, 0.15) is 27.6 Å². The molecule has 0 aliphatic carbocycles. The summed E-state index contributed by atoms with van der Waals surface area (Å²) in [5.74, 6) is -0.639. The van der Waals surface area contributed by atoms with E-state index in [0.29, 0.717) is 44.8 Å². The van der Waals surface area contributed by atoms with Crippen LogP contribution in [0.2, 0.25) is 5.02 Å². The van der Waals surface area contributed by atoms with E-state index in [1.165, 1.54) is 11.0 Å². The summed E-state index contributed by atoms with van der Waals surface area (Å²) < 4.78 is 1.74. The fraction of sp³-hybridized carbons (Fsp3) is 0.0952. The Labute approximate surface area is 158 Å². The Morgan fingerprint density at radius 1 is 0.889 bits per heavy atom. The lowest BCUT2D eigenvalue weighted by Gasteiger charge is -2.14. The highest BCUT2D eigenvalue weighted by atomic mass is 35.5. The Morgan fingerprint density at radius 2 is 1.56 bits per heavy atom. The third-order valence-electron chi connectivity index (χ3n) is 5.13. The Kier molecular flexibility index (Phi) is 3.21. The Balaban J connectivity index is 2.00. The molecule has 27 heavy (non-hydrogen) atoms. The van der Waals surface area contributed by atoms with Gasteiger partial charge in [-0.1, -0.05) is 29.8 Å². The van der Waals surface area contributed by atoms with Crippen molar-refractivity contribution in [2.75, 3.05) is 6.54 Å². The third-order valence-corrected chi connectivity index (χ3v) is 5.38. The van der Waals surface area contributed by atoms with E-state index in [1.54, 1.807) is 53.8 Å². The summed E-state index contributed by atoms with van der Waals surface area (Å²) in [6.45, 7) is 2.07. The molecule has 5 nitrogen and oxygen atoms in total. The van der Waals surface area contributed by atoms with Crippen molar-refractivity contribution in [3.63, 3.8) is 0 Å². The molecule has 0 saturated heterocycles. The van der Waals surface area contributed by atoms with E-state index in [2.05, 4.69) is 0 Å². The second-order valence-corrected chi connectivity index (χ2v) is 6.95. The van der Waals surface area contributed by atoms with Gasteiger partial charge in [0.05, 0.1) is 27.7 Å². The first-order chi connectivity index (χ1) is 13.0. The van der Waals surface area contributed by atoms with Crippen molar-refractivity contribution in [1.82, 2.24) is 9.30 Å². The van der Waals surface area contributed by atoms with Crippen LogP contribution < -0.4 is 5.43 Å². The van der Waals surface area contributed by atoms with Crippen molar-refractivity contribution in [3.05, 3.63) is 74.9 Å². The molecule has 6 heteroatoms. The zero-order chi connectivity index (χ0) is 18.9. The van der Waals surface area contributed by atoms with E-state index in [1.807, 2.05) is 0 Å². The number of rotatable bonds is 2. The van der Waals surface area contributed by atoms with Crippen LogP contribution in [0.15, 0.2) is 53.3 Å². The minimum Gasteiger partial charge on any atom is -0.305 e. The number of fused-ring (bicyclic) bond motifs is 3. The standard InChI is InChI=1S/C21H13ClN2O3/c1-2-23-20(26)17-15-5-3-4-14-16(25)10-13(11-6-8-12(22)9-7-11)19(24(14)15)18(17)21(23)27/h3-10H,2H2,1H3. The molecular formula is C21H13ClN2O3. The van der Waals surface area contributed by atoms with Gasteiger partial charge in [-0.05, 0) is 42.8 Å². The van der Waals surface area contributed by atoms with Crippen LogP contribution in [0.25, 0.3) is 27.7 Å². The summed E-state index contributed by atoms with van der Waals surface area (Å²) in [6, 6.07) is 13.8. The van der Waals surface area contributed by atoms with Crippen LogP contribution in [0.5, 0.6) is 0 Å². The van der Waals surface area contributed by atoms with Gasteiger partial charge in [-0.2, -0.15) is 0 Å². The smallest absolute Gasteiger partial charge is 0.263 e. The molecule has 0 N–H and O–H groups in total. The highest BCUT2D eigenvalue weighted by Gasteiger charge is 2.40. The second kappa shape index (κ2) is 5.41. The first-order valence-corrected chi connectivity index (χ1v) is 8.96. The summed E-state index contributed by atoms with van der Waals surface area (Å²) in [7, 11) is 0. The predicted octanol–water partition coefficient (Wildman–Crippen LogP) is 3.83. The molecule has 1 aromatic carbocycles. The first-order valence-electron chi connectivity index (χ1n) is 8.59. The summed E-state index contributed by atoms with van der Waals surface area (Å²) in [5, 5.41) is 0.579. The zero-order valence-corrected chi connectivity index (χ0v) is 15.1. The van der Waals surface area contributed by atoms with Gasteiger partial charge >= 0.3 is 0 Å². The van der Waals surface area contributed by atoms with Crippen LogP contribution in [-0.4, -0.2) is 27.7 Å². The maximum atomic E-state index is 13.0. The monoisotopic (exact) mass is 376 g/mol. The highest BCUT2D eigenvalue weighted by Crippen LogP contribution is 2.38. The number of carbonyl (C=O) groups excluding carboxylic acids is 2. The molecule has 5 rings (SSSR count). The molecule has 0 spiro atoms. The van der Waals surface area contributed by atoms with Crippen LogP contribution in [0, 0.1) is 0 Å². The summed E-state index contributed by atoms with van der Waals surface area (Å²) >= 11 is 6.00.